The van der Waals surface area contributed by atoms with Crippen LogP contribution in [0.1, 0.15) is 10.5 Å². The van der Waals surface area contributed by atoms with E-state index in [9.17, 15) is 4.79 Å². The molecule has 0 spiro atoms. The predicted octanol–water partition coefficient (Wildman–Crippen LogP) is 1.93. The van der Waals surface area contributed by atoms with E-state index in [1.54, 1.807) is 0 Å². The molecule has 0 aliphatic heterocycles. The number of carbonyl (C=O) groups is 1. The summed E-state index contributed by atoms with van der Waals surface area (Å²) >= 11 is 0. The summed E-state index contributed by atoms with van der Waals surface area (Å²) in [5, 5.41) is 12.3. The van der Waals surface area contributed by atoms with Crippen molar-refractivity contribution < 1.29 is 14.4 Å². The average molecular weight is 243 g/mol. The van der Waals surface area contributed by atoms with Crippen molar-refractivity contribution in [3.05, 3.63) is 36.0 Å². The van der Waals surface area contributed by atoms with Gasteiger partial charge in [0.2, 0.25) is 5.76 Å². The first-order valence-corrected chi connectivity index (χ1v) is 5.28. The number of carboxylic acids is 1. The molecule has 0 bridgehead atoms. The summed E-state index contributed by atoms with van der Waals surface area (Å²) in [5.41, 5.74) is 1.64. The quantitative estimate of drug-likeness (QED) is 0.743. The highest BCUT2D eigenvalue weighted by molar-refractivity contribution is 5.86. The molecule has 1 aromatic carbocycles. The Bertz CT molecular complexity index is 742. The van der Waals surface area contributed by atoms with Crippen molar-refractivity contribution in [3.63, 3.8) is 0 Å². The Hall–Kier alpha value is -2.63. The molecule has 0 saturated carbocycles. The lowest BCUT2D eigenvalue weighted by Gasteiger charge is -1.96. The second-order valence-electron chi connectivity index (χ2n) is 3.86. The molecular weight excluding hydrogens is 234 g/mol. The number of hydrogen-bond acceptors (Lipinski definition) is 4. The van der Waals surface area contributed by atoms with Crippen molar-refractivity contribution in [2.24, 2.45) is 7.05 Å². The maximum absolute atomic E-state index is 10.8. The fourth-order valence-corrected chi connectivity index (χ4v) is 1.85. The van der Waals surface area contributed by atoms with E-state index in [0.29, 0.717) is 11.6 Å². The van der Waals surface area contributed by atoms with Crippen molar-refractivity contribution in [1.82, 2.24) is 14.7 Å². The molecular formula is C12H9N3O3. The van der Waals surface area contributed by atoms with Crippen LogP contribution in [0, 0.1) is 0 Å². The first-order valence-electron chi connectivity index (χ1n) is 5.28. The Labute approximate surface area is 101 Å². The van der Waals surface area contributed by atoms with Gasteiger partial charge in [0.15, 0.2) is 11.5 Å². The van der Waals surface area contributed by atoms with E-state index in [1.165, 1.54) is 6.07 Å². The Morgan fingerprint density at radius 1 is 1.39 bits per heavy atom. The van der Waals surface area contributed by atoms with Crippen LogP contribution in [-0.2, 0) is 7.05 Å². The predicted molar refractivity (Wildman–Crippen MR) is 63.2 cm³/mol. The van der Waals surface area contributed by atoms with Crippen LogP contribution in [0.15, 0.2) is 34.9 Å². The third kappa shape index (κ3) is 1.46. The van der Waals surface area contributed by atoms with E-state index in [-0.39, 0.29) is 5.69 Å². The minimum absolute atomic E-state index is 0.128. The first-order chi connectivity index (χ1) is 8.66. The van der Waals surface area contributed by atoms with E-state index in [2.05, 4.69) is 10.1 Å². The molecule has 18 heavy (non-hydrogen) atoms. The van der Waals surface area contributed by atoms with Gasteiger partial charge in [0.1, 0.15) is 0 Å². The Balaban J connectivity index is 2.18. The van der Waals surface area contributed by atoms with Crippen molar-refractivity contribution >= 4 is 17.0 Å². The third-order valence-corrected chi connectivity index (χ3v) is 2.74. The van der Waals surface area contributed by atoms with Crippen molar-refractivity contribution in [3.8, 4) is 11.6 Å². The van der Waals surface area contributed by atoms with Gasteiger partial charge in [-0.15, -0.1) is 0 Å². The number of fused-ring (bicyclic) bond motifs is 1. The molecule has 90 valence electrons. The van der Waals surface area contributed by atoms with Crippen LogP contribution in [0.5, 0.6) is 0 Å². The smallest absolute Gasteiger partial charge is 0.358 e. The monoisotopic (exact) mass is 243 g/mol. The molecule has 0 radical (unpaired) electrons. The van der Waals surface area contributed by atoms with E-state index < -0.39 is 5.97 Å². The highest BCUT2D eigenvalue weighted by Gasteiger charge is 2.17. The van der Waals surface area contributed by atoms with Gasteiger partial charge in [0, 0.05) is 13.1 Å². The minimum atomic E-state index is -1.12. The number of aryl methyl sites for hydroxylation is 1. The van der Waals surface area contributed by atoms with Gasteiger partial charge >= 0.3 is 5.97 Å². The van der Waals surface area contributed by atoms with Gasteiger partial charge in [0.05, 0.1) is 11.0 Å². The number of imidazole rings is 1. The molecule has 0 aliphatic rings. The Morgan fingerprint density at radius 2 is 2.17 bits per heavy atom. The summed E-state index contributed by atoms with van der Waals surface area (Å²) in [5.74, 6) is -0.230. The molecule has 0 saturated heterocycles. The molecule has 0 fully saturated rings. The number of benzene rings is 1. The number of para-hydroxylation sites is 2. The van der Waals surface area contributed by atoms with Gasteiger partial charge in [-0.3, -0.25) is 0 Å². The molecule has 0 atom stereocenters. The molecule has 3 rings (SSSR count). The highest BCUT2D eigenvalue weighted by Crippen LogP contribution is 2.23. The van der Waals surface area contributed by atoms with Crippen LogP contribution in [0.2, 0.25) is 0 Å². The summed E-state index contributed by atoms with van der Waals surface area (Å²) < 4.78 is 6.84. The maximum atomic E-state index is 10.8. The summed E-state index contributed by atoms with van der Waals surface area (Å²) in [6.07, 6.45) is 0. The zero-order valence-electron chi connectivity index (χ0n) is 9.49. The third-order valence-electron chi connectivity index (χ3n) is 2.74. The molecule has 6 heteroatoms. The number of carboxylic acid groups (broad SMARTS) is 1. The van der Waals surface area contributed by atoms with E-state index in [4.69, 9.17) is 9.63 Å². The average Bonchev–Trinajstić information content (AvgIpc) is 2.95. The molecule has 3 aromatic rings. The van der Waals surface area contributed by atoms with E-state index in [0.717, 1.165) is 11.0 Å². The van der Waals surface area contributed by atoms with Crippen LogP contribution in [0.4, 0.5) is 0 Å². The van der Waals surface area contributed by atoms with Gasteiger partial charge in [-0.1, -0.05) is 17.3 Å². The molecule has 2 aromatic heterocycles. The lowest BCUT2D eigenvalue weighted by molar-refractivity contribution is 0.0686. The molecule has 1 N–H and O–H groups in total. The number of rotatable bonds is 2. The molecule has 0 unspecified atom stereocenters. The summed E-state index contributed by atoms with van der Waals surface area (Å²) in [6.45, 7) is 0. The second kappa shape index (κ2) is 3.69. The summed E-state index contributed by atoms with van der Waals surface area (Å²) in [7, 11) is 1.84. The van der Waals surface area contributed by atoms with Gasteiger partial charge in [-0.25, -0.2) is 9.78 Å². The zero-order valence-corrected chi connectivity index (χ0v) is 9.49. The number of nitrogens with zero attached hydrogens (tertiary/aromatic N) is 3. The van der Waals surface area contributed by atoms with Crippen LogP contribution in [0.25, 0.3) is 22.6 Å². The fraction of sp³-hybridized carbons (Fsp3) is 0.0833. The number of aromatic nitrogens is 3. The lowest BCUT2D eigenvalue weighted by atomic mass is 10.3. The van der Waals surface area contributed by atoms with Crippen molar-refractivity contribution in [2.45, 2.75) is 0 Å². The van der Waals surface area contributed by atoms with Crippen LogP contribution >= 0.6 is 0 Å². The Morgan fingerprint density at radius 3 is 2.83 bits per heavy atom. The normalized spacial score (nSPS) is 10.9. The van der Waals surface area contributed by atoms with Gasteiger partial charge in [-0.05, 0) is 12.1 Å². The minimum Gasteiger partial charge on any atom is -0.476 e. The Kier molecular flexibility index (Phi) is 2.16. The molecule has 2 heterocycles. The van der Waals surface area contributed by atoms with Crippen molar-refractivity contribution in [1.29, 1.82) is 0 Å². The van der Waals surface area contributed by atoms with Crippen molar-refractivity contribution in [2.75, 3.05) is 0 Å². The first kappa shape index (κ1) is 10.5. The highest BCUT2D eigenvalue weighted by atomic mass is 16.5. The fourth-order valence-electron chi connectivity index (χ4n) is 1.85. The van der Waals surface area contributed by atoms with E-state index >= 15 is 0 Å². The zero-order chi connectivity index (χ0) is 12.7. The maximum Gasteiger partial charge on any atom is 0.358 e. The number of hydrogen-bond donors (Lipinski definition) is 1. The van der Waals surface area contributed by atoms with Gasteiger partial charge in [-0.2, -0.15) is 0 Å². The summed E-state index contributed by atoms with van der Waals surface area (Å²) in [6, 6.07) is 8.98. The largest absolute Gasteiger partial charge is 0.476 e. The van der Waals surface area contributed by atoms with Gasteiger partial charge < -0.3 is 14.2 Å². The van der Waals surface area contributed by atoms with Gasteiger partial charge in [0.25, 0.3) is 0 Å². The summed E-state index contributed by atoms with van der Waals surface area (Å²) in [4.78, 5) is 15.1. The van der Waals surface area contributed by atoms with Crippen LogP contribution in [-0.4, -0.2) is 25.8 Å². The molecule has 0 aliphatic carbocycles. The van der Waals surface area contributed by atoms with E-state index in [1.807, 2.05) is 35.9 Å². The standard InChI is InChI=1S/C12H9N3O3/c1-15-9-5-3-2-4-7(9)13-11(15)10-6-8(12(16)17)14-18-10/h2-6H,1H3,(H,16,17). The number of aromatic carboxylic acids is 1. The topological polar surface area (TPSA) is 81.2 Å². The lowest BCUT2D eigenvalue weighted by Crippen LogP contribution is -1.95. The second-order valence-corrected chi connectivity index (χ2v) is 3.86. The SMILES string of the molecule is Cn1c(-c2cc(C(=O)O)no2)nc2ccccc21. The molecule has 0 amide bonds. The van der Waals surface area contributed by atoms with Crippen LogP contribution in [0.3, 0.4) is 0 Å². The molecule has 6 nitrogen and oxygen atoms in total. The van der Waals surface area contributed by atoms with Crippen LogP contribution < -0.4 is 0 Å².